The molecule has 4 aromatic rings. The normalized spacial score (nSPS) is 11.9. The number of benzene rings is 2. The summed E-state index contributed by atoms with van der Waals surface area (Å²) < 4.78 is 6.89. The van der Waals surface area contributed by atoms with Crippen molar-refractivity contribution in [2.45, 2.75) is 17.3 Å². The molecule has 2 aromatic heterocycles. The van der Waals surface area contributed by atoms with Crippen molar-refractivity contribution in [3.8, 4) is 5.69 Å². The number of nitrogens with one attached hydrogen (secondary N) is 1. The summed E-state index contributed by atoms with van der Waals surface area (Å²) >= 11 is 1.32. The maximum Gasteiger partial charge on any atom is 0.243 e. The third-order valence-electron chi connectivity index (χ3n) is 3.99. The quantitative estimate of drug-likeness (QED) is 0.499. The molecular formula is C20H17N5O2S. The second kappa shape index (κ2) is 8.10. The molecule has 0 saturated carbocycles. The van der Waals surface area contributed by atoms with Crippen LogP contribution in [0.15, 0.2) is 82.7 Å². The highest BCUT2D eigenvalue weighted by molar-refractivity contribution is 8.00. The molecule has 0 aliphatic carbocycles. The van der Waals surface area contributed by atoms with Gasteiger partial charge < -0.3 is 9.84 Å². The van der Waals surface area contributed by atoms with Crippen LogP contribution in [0.5, 0.6) is 0 Å². The van der Waals surface area contributed by atoms with Crippen LogP contribution in [0.2, 0.25) is 0 Å². The predicted molar refractivity (Wildman–Crippen MR) is 106 cm³/mol. The lowest BCUT2D eigenvalue weighted by Gasteiger charge is -2.16. The first kappa shape index (κ1) is 18.0. The van der Waals surface area contributed by atoms with Crippen molar-refractivity contribution < 1.29 is 9.32 Å². The molecular weight excluding hydrogens is 374 g/mol. The molecule has 0 fully saturated rings. The number of nitrogens with zero attached hydrogens (tertiary/aromatic N) is 4. The van der Waals surface area contributed by atoms with Gasteiger partial charge in [0.2, 0.25) is 5.91 Å². The minimum Gasteiger partial charge on any atom is -0.360 e. The van der Waals surface area contributed by atoms with Gasteiger partial charge >= 0.3 is 0 Å². The smallest absolute Gasteiger partial charge is 0.243 e. The highest BCUT2D eigenvalue weighted by Gasteiger charge is 2.25. The zero-order valence-electron chi connectivity index (χ0n) is 15.0. The molecule has 1 atom stereocenters. The molecule has 8 heteroatoms. The molecule has 1 amide bonds. The Morgan fingerprint density at radius 3 is 2.50 bits per heavy atom. The van der Waals surface area contributed by atoms with E-state index >= 15 is 0 Å². The van der Waals surface area contributed by atoms with E-state index in [0.29, 0.717) is 16.7 Å². The highest BCUT2D eigenvalue weighted by atomic mass is 32.2. The minimum atomic E-state index is -0.537. The van der Waals surface area contributed by atoms with Gasteiger partial charge in [0.25, 0.3) is 0 Å². The summed E-state index contributed by atoms with van der Waals surface area (Å²) in [6, 6.07) is 21.0. The fourth-order valence-corrected chi connectivity index (χ4v) is 3.72. The standard InChI is InChI=1S/C20H17N5O2S/c1-14-12-17(24-27-14)22-19(26)18(15-8-4-2-5-9-15)28-20-23-21-13-25(20)16-10-6-3-7-11-16/h2-13,18H,1H3,(H,22,24,26). The second-order valence-electron chi connectivity index (χ2n) is 6.04. The maximum absolute atomic E-state index is 13.0. The van der Waals surface area contributed by atoms with Crippen molar-refractivity contribution >= 4 is 23.5 Å². The number of aryl methyl sites for hydroxylation is 1. The number of rotatable bonds is 6. The van der Waals surface area contributed by atoms with Crippen molar-refractivity contribution in [2.75, 3.05) is 5.32 Å². The third kappa shape index (κ3) is 3.96. The molecule has 140 valence electrons. The van der Waals surface area contributed by atoms with E-state index in [2.05, 4.69) is 20.7 Å². The summed E-state index contributed by atoms with van der Waals surface area (Å²) in [5, 5.41) is 15.0. The van der Waals surface area contributed by atoms with Crippen LogP contribution in [0.4, 0.5) is 5.82 Å². The number of carbonyl (C=O) groups is 1. The summed E-state index contributed by atoms with van der Waals surface area (Å²) in [5.41, 5.74) is 1.78. The number of hydrogen-bond donors (Lipinski definition) is 1. The van der Waals surface area contributed by atoms with E-state index in [1.165, 1.54) is 11.8 Å². The van der Waals surface area contributed by atoms with Crippen LogP contribution < -0.4 is 5.32 Å². The number of anilines is 1. The van der Waals surface area contributed by atoms with E-state index in [0.717, 1.165) is 11.3 Å². The van der Waals surface area contributed by atoms with Crippen LogP contribution in [0.25, 0.3) is 5.69 Å². The molecule has 0 saturated heterocycles. The first-order chi connectivity index (χ1) is 13.7. The van der Waals surface area contributed by atoms with E-state index < -0.39 is 5.25 Å². The van der Waals surface area contributed by atoms with Gasteiger partial charge in [0.05, 0.1) is 0 Å². The van der Waals surface area contributed by atoms with Gasteiger partial charge in [-0.1, -0.05) is 65.4 Å². The van der Waals surface area contributed by atoms with Crippen LogP contribution in [-0.4, -0.2) is 25.8 Å². The lowest BCUT2D eigenvalue weighted by molar-refractivity contribution is -0.115. The number of carbonyl (C=O) groups excluding carboxylic acids is 1. The molecule has 0 aliphatic heterocycles. The Labute approximate surface area is 165 Å². The van der Waals surface area contributed by atoms with E-state index in [9.17, 15) is 4.79 Å². The van der Waals surface area contributed by atoms with Crippen molar-refractivity contribution in [1.29, 1.82) is 0 Å². The van der Waals surface area contributed by atoms with Gasteiger partial charge in [0, 0.05) is 11.8 Å². The summed E-state index contributed by atoms with van der Waals surface area (Å²) in [6.07, 6.45) is 1.64. The first-order valence-corrected chi connectivity index (χ1v) is 9.50. The number of para-hydroxylation sites is 1. The molecule has 28 heavy (non-hydrogen) atoms. The Balaban J connectivity index is 1.64. The van der Waals surface area contributed by atoms with Crippen LogP contribution in [0.3, 0.4) is 0 Å². The Morgan fingerprint density at radius 1 is 1.11 bits per heavy atom. The van der Waals surface area contributed by atoms with Crippen LogP contribution in [0.1, 0.15) is 16.6 Å². The number of amides is 1. The van der Waals surface area contributed by atoms with E-state index in [4.69, 9.17) is 4.52 Å². The lowest BCUT2D eigenvalue weighted by Crippen LogP contribution is -2.19. The number of hydrogen-bond acceptors (Lipinski definition) is 6. The molecule has 0 spiro atoms. The van der Waals surface area contributed by atoms with Gasteiger partial charge in [-0.15, -0.1) is 10.2 Å². The molecule has 1 N–H and O–H groups in total. The number of aromatic nitrogens is 4. The van der Waals surface area contributed by atoms with Crippen LogP contribution in [-0.2, 0) is 4.79 Å². The minimum absolute atomic E-state index is 0.216. The summed E-state index contributed by atoms with van der Waals surface area (Å²) in [5.74, 6) is 0.795. The fraction of sp³-hybridized carbons (Fsp3) is 0.100. The van der Waals surface area contributed by atoms with Crippen molar-refractivity contribution in [3.05, 3.63) is 84.4 Å². The fourth-order valence-electron chi connectivity index (χ4n) is 2.69. The molecule has 2 heterocycles. The molecule has 7 nitrogen and oxygen atoms in total. The van der Waals surface area contributed by atoms with Crippen LogP contribution in [0, 0.1) is 6.92 Å². The van der Waals surface area contributed by atoms with Gasteiger partial charge in [-0.05, 0) is 24.6 Å². The predicted octanol–water partition coefficient (Wildman–Crippen LogP) is 4.04. The van der Waals surface area contributed by atoms with Gasteiger partial charge in [-0.3, -0.25) is 9.36 Å². The molecule has 4 rings (SSSR count). The maximum atomic E-state index is 13.0. The highest BCUT2D eigenvalue weighted by Crippen LogP contribution is 2.36. The van der Waals surface area contributed by atoms with Crippen molar-refractivity contribution in [2.24, 2.45) is 0 Å². The molecule has 1 unspecified atom stereocenters. The first-order valence-electron chi connectivity index (χ1n) is 8.62. The Bertz CT molecular complexity index is 1060. The zero-order chi connectivity index (χ0) is 19.3. The lowest BCUT2D eigenvalue weighted by atomic mass is 10.1. The topological polar surface area (TPSA) is 85.8 Å². The SMILES string of the molecule is Cc1cc(NC(=O)C(Sc2nncn2-c2ccccc2)c2ccccc2)no1. The molecule has 0 bridgehead atoms. The molecule has 0 radical (unpaired) electrons. The summed E-state index contributed by atoms with van der Waals surface area (Å²) in [6.45, 7) is 1.77. The van der Waals surface area contributed by atoms with Gasteiger partial charge in [0.1, 0.15) is 17.3 Å². The van der Waals surface area contributed by atoms with Crippen molar-refractivity contribution in [3.63, 3.8) is 0 Å². The average molecular weight is 391 g/mol. The average Bonchev–Trinajstić information content (AvgIpc) is 3.36. The van der Waals surface area contributed by atoms with E-state index in [-0.39, 0.29) is 5.91 Å². The van der Waals surface area contributed by atoms with Gasteiger partial charge in [0.15, 0.2) is 11.0 Å². The van der Waals surface area contributed by atoms with Crippen molar-refractivity contribution in [1.82, 2.24) is 19.9 Å². The van der Waals surface area contributed by atoms with Gasteiger partial charge in [-0.25, -0.2) is 0 Å². The van der Waals surface area contributed by atoms with Crippen LogP contribution >= 0.6 is 11.8 Å². The van der Waals surface area contributed by atoms with E-state index in [1.807, 2.05) is 65.2 Å². The monoisotopic (exact) mass is 391 g/mol. The Morgan fingerprint density at radius 2 is 1.82 bits per heavy atom. The summed E-state index contributed by atoms with van der Waals surface area (Å²) in [4.78, 5) is 13.0. The Hall–Kier alpha value is -3.39. The largest absolute Gasteiger partial charge is 0.360 e. The molecule has 2 aromatic carbocycles. The van der Waals surface area contributed by atoms with E-state index in [1.54, 1.807) is 19.3 Å². The second-order valence-corrected chi connectivity index (χ2v) is 7.11. The Kier molecular flexibility index (Phi) is 5.20. The summed E-state index contributed by atoms with van der Waals surface area (Å²) in [7, 11) is 0. The third-order valence-corrected chi connectivity index (χ3v) is 5.20. The van der Waals surface area contributed by atoms with Gasteiger partial charge in [-0.2, -0.15) is 0 Å². The zero-order valence-corrected chi connectivity index (χ0v) is 15.8. The molecule has 0 aliphatic rings. The number of thioether (sulfide) groups is 1.